The molecule has 0 aliphatic carbocycles. The van der Waals surface area contributed by atoms with Crippen LogP contribution in [0.2, 0.25) is 0 Å². The highest BCUT2D eigenvalue weighted by Gasteiger charge is 2.33. The van der Waals surface area contributed by atoms with Crippen molar-refractivity contribution in [2.45, 2.75) is 25.7 Å². The van der Waals surface area contributed by atoms with Crippen molar-refractivity contribution in [1.29, 1.82) is 5.26 Å². The van der Waals surface area contributed by atoms with Crippen LogP contribution >= 0.6 is 0 Å². The maximum Gasteiger partial charge on any atom is 0.272 e. The summed E-state index contributed by atoms with van der Waals surface area (Å²) in [4.78, 5) is 14.5. The largest absolute Gasteiger partial charge is 0.456 e. The highest BCUT2D eigenvalue weighted by Crippen LogP contribution is 2.33. The van der Waals surface area contributed by atoms with E-state index in [1.165, 1.54) is 27.2 Å². The number of hydrogen-bond donors (Lipinski definition) is 0. The van der Waals surface area contributed by atoms with Crippen LogP contribution in [0.5, 0.6) is 11.5 Å². The van der Waals surface area contributed by atoms with Gasteiger partial charge < -0.3 is 9.64 Å². The predicted molar refractivity (Wildman–Crippen MR) is 130 cm³/mol. The summed E-state index contributed by atoms with van der Waals surface area (Å²) in [5.41, 5.74) is 3.40. The second-order valence-corrected chi connectivity index (χ2v) is 10.6. The molecular weight excluding hydrogens is 466 g/mol. The fourth-order valence-electron chi connectivity index (χ4n) is 4.23. The summed E-state index contributed by atoms with van der Waals surface area (Å²) in [6.45, 7) is 6.43. The molecule has 1 aromatic heterocycles. The van der Waals surface area contributed by atoms with E-state index < -0.39 is 10.0 Å². The first kappa shape index (κ1) is 24.4. The van der Waals surface area contributed by atoms with E-state index in [9.17, 15) is 18.5 Å². The molecule has 0 spiro atoms. The van der Waals surface area contributed by atoms with Gasteiger partial charge in [0, 0.05) is 33.2 Å². The van der Waals surface area contributed by atoms with Crippen LogP contribution in [0.25, 0.3) is 0 Å². The van der Waals surface area contributed by atoms with Crippen LogP contribution in [0.4, 0.5) is 0 Å². The van der Waals surface area contributed by atoms with Gasteiger partial charge in [0.1, 0.15) is 22.1 Å². The van der Waals surface area contributed by atoms with Gasteiger partial charge in [0.2, 0.25) is 10.0 Å². The van der Waals surface area contributed by atoms with E-state index in [-0.39, 0.29) is 48.3 Å². The molecule has 1 fully saturated rings. The van der Waals surface area contributed by atoms with E-state index in [1.807, 2.05) is 45.0 Å². The van der Waals surface area contributed by atoms with Gasteiger partial charge in [0.15, 0.2) is 0 Å². The van der Waals surface area contributed by atoms with Gasteiger partial charge in [-0.1, -0.05) is 6.07 Å². The number of rotatable bonds is 5. The Morgan fingerprint density at radius 3 is 2.23 bits per heavy atom. The summed E-state index contributed by atoms with van der Waals surface area (Å²) in [5.74, 6) is 0.485. The Hall–Kier alpha value is -3.68. The first-order valence-electron chi connectivity index (χ1n) is 11.2. The third kappa shape index (κ3) is 5.06. The number of nitrogens with zero attached hydrogens (tertiary/aromatic N) is 5. The number of carbonyl (C=O) groups is 1. The Bertz CT molecular complexity index is 1410. The van der Waals surface area contributed by atoms with Crippen molar-refractivity contribution in [2.24, 2.45) is 7.05 Å². The molecule has 10 heteroatoms. The number of nitriles is 1. The molecule has 2 aromatic carbocycles. The SMILES string of the molecule is Cc1cc(C)cc(Oc2ccc(C#N)cc2S(=O)(=O)N2CCN(C(=O)c3cc(C)nn3C)CC2)c1. The van der Waals surface area contributed by atoms with Crippen LogP contribution in [-0.4, -0.2) is 59.5 Å². The second kappa shape index (κ2) is 9.52. The smallest absolute Gasteiger partial charge is 0.272 e. The third-order valence-electron chi connectivity index (χ3n) is 5.86. The van der Waals surface area contributed by atoms with Gasteiger partial charge in [0.25, 0.3) is 5.91 Å². The Morgan fingerprint density at radius 1 is 1.00 bits per heavy atom. The van der Waals surface area contributed by atoms with E-state index in [1.54, 1.807) is 18.0 Å². The lowest BCUT2D eigenvalue weighted by Crippen LogP contribution is -2.50. The summed E-state index contributed by atoms with van der Waals surface area (Å²) >= 11 is 0. The van der Waals surface area contributed by atoms with Crippen LogP contribution in [0, 0.1) is 32.1 Å². The number of sulfonamides is 1. The number of aryl methyl sites for hydroxylation is 4. The molecule has 0 saturated carbocycles. The minimum Gasteiger partial charge on any atom is -0.456 e. The van der Waals surface area contributed by atoms with Gasteiger partial charge in [-0.25, -0.2) is 8.42 Å². The molecule has 1 aliphatic heterocycles. The lowest BCUT2D eigenvalue weighted by Gasteiger charge is -2.34. The molecule has 0 radical (unpaired) electrons. The topological polar surface area (TPSA) is 109 Å². The van der Waals surface area contributed by atoms with E-state index in [0.717, 1.165) is 16.8 Å². The normalized spacial score (nSPS) is 14.5. The average Bonchev–Trinajstić information content (AvgIpc) is 3.16. The van der Waals surface area contributed by atoms with Crippen molar-refractivity contribution in [2.75, 3.05) is 26.2 Å². The highest BCUT2D eigenvalue weighted by atomic mass is 32.2. The first-order chi connectivity index (χ1) is 16.6. The Balaban J connectivity index is 1.58. The maximum atomic E-state index is 13.6. The Morgan fingerprint density at radius 2 is 1.66 bits per heavy atom. The lowest BCUT2D eigenvalue weighted by atomic mass is 10.1. The van der Waals surface area contributed by atoms with Gasteiger partial charge in [-0.3, -0.25) is 9.48 Å². The molecule has 1 aliphatic rings. The number of benzene rings is 2. The van der Waals surface area contributed by atoms with Crippen LogP contribution in [-0.2, 0) is 17.1 Å². The molecule has 0 N–H and O–H groups in total. The summed E-state index contributed by atoms with van der Waals surface area (Å²) in [6.07, 6.45) is 0. The van der Waals surface area contributed by atoms with Gasteiger partial charge in [-0.2, -0.15) is 14.7 Å². The fourth-order valence-corrected chi connectivity index (χ4v) is 5.79. The minimum absolute atomic E-state index is 0.0715. The molecule has 182 valence electrons. The molecule has 0 atom stereocenters. The Kier molecular flexibility index (Phi) is 6.65. The highest BCUT2D eigenvalue weighted by molar-refractivity contribution is 7.89. The molecule has 3 aromatic rings. The molecular formula is C25H27N5O4S. The molecule has 1 saturated heterocycles. The monoisotopic (exact) mass is 493 g/mol. The number of aromatic nitrogens is 2. The van der Waals surface area contributed by atoms with E-state index in [4.69, 9.17) is 4.74 Å². The van der Waals surface area contributed by atoms with Crippen LogP contribution in [0.15, 0.2) is 47.4 Å². The predicted octanol–water partition coefficient (Wildman–Crippen LogP) is 3.16. The standard InChI is InChI=1S/C25H27N5O4S/c1-17-11-18(2)13-21(12-17)34-23-6-5-20(16-26)15-24(23)35(32,33)30-9-7-29(8-10-30)25(31)22-14-19(3)27-28(22)4/h5-6,11-15H,7-10H2,1-4H3. The molecule has 9 nitrogen and oxygen atoms in total. The molecule has 2 heterocycles. The second-order valence-electron chi connectivity index (χ2n) is 8.69. The number of carbonyl (C=O) groups excluding carboxylic acids is 1. The third-order valence-corrected chi connectivity index (χ3v) is 7.78. The number of hydrogen-bond acceptors (Lipinski definition) is 6. The van der Waals surface area contributed by atoms with Crippen LogP contribution in [0.1, 0.15) is 32.9 Å². The van der Waals surface area contributed by atoms with E-state index in [0.29, 0.717) is 11.4 Å². The molecule has 4 rings (SSSR count). The van der Waals surface area contributed by atoms with Crippen molar-refractivity contribution in [1.82, 2.24) is 19.0 Å². The zero-order chi connectivity index (χ0) is 25.3. The van der Waals surface area contributed by atoms with Gasteiger partial charge >= 0.3 is 0 Å². The van der Waals surface area contributed by atoms with Crippen LogP contribution in [0.3, 0.4) is 0 Å². The number of piperazine rings is 1. The maximum absolute atomic E-state index is 13.6. The minimum atomic E-state index is -3.98. The van der Waals surface area contributed by atoms with Crippen molar-refractivity contribution in [3.63, 3.8) is 0 Å². The molecule has 0 unspecified atom stereocenters. The van der Waals surface area contributed by atoms with Crippen molar-refractivity contribution in [3.05, 3.63) is 70.5 Å². The average molecular weight is 494 g/mol. The quantitative estimate of drug-likeness (QED) is 0.540. The lowest BCUT2D eigenvalue weighted by molar-refractivity contribution is 0.0686. The number of amides is 1. The van der Waals surface area contributed by atoms with E-state index >= 15 is 0 Å². The zero-order valence-corrected chi connectivity index (χ0v) is 21.0. The van der Waals surface area contributed by atoms with Crippen LogP contribution < -0.4 is 4.74 Å². The first-order valence-corrected chi connectivity index (χ1v) is 12.6. The fraction of sp³-hybridized carbons (Fsp3) is 0.320. The Labute approximate surface area is 205 Å². The van der Waals surface area contributed by atoms with E-state index in [2.05, 4.69) is 5.10 Å². The number of ether oxygens (including phenoxy) is 1. The summed E-state index contributed by atoms with van der Waals surface area (Å²) < 4.78 is 36.1. The van der Waals surface area contributed by atoms with Gasteiger partial charge in [-0.05, 0) is 68.3 Å². The summed E-state index contributed by atoms with van der Waals surface area (Å²) in [5, 5.41) is 13.6. The molecule has 1 amide bonds. The van der Waals surface area contributed by atoms with Crippen molar-refractivity contribution >= 4 is 15.9 Å². The molecule has 0 bridgehead atoms. The van der Waals surface area contributed by atoms with Crippen molar-refractivity contribution in [3.8, 4) is 17.6 Å². The zero-order valence-electron chi connectivity index (χ0n) is 20.1. The summed E-state index contributed by atoms with van der Waals surface area (Å²) in [7, 11) is -2.27. The van der Waals surface area contributed by atoms with Gasteiger partial charge in [0.05, 0.1) is 17.3 Å². The van der Waals surface area contributed by atoms with Gasteiger partial charge in [-0.15, -0.1) is 0 Å². The molecule has 35 heavy (non-hydrogen) atoms. The van der Waals surface area contributed by atoms with Crippen molar-refractivity contribution < 1.29 is 17.9 Å². The summed E-state index contributed by atoms with van der Waals surface area (Å²) in [6, 6.07) is 13.7.